The van der Waals surface area contributed by atoms with Gasteiger partial charge in [-0.25, -0.2) is 9.78 Å². The number of nitrogens with zero attached hydrogens (tertiary/aromatic N) is 1. The van der Waals surface area contributed by atoms with E-state index in [1.165, 1.54) is 18.4 Å². The molecule has 0 aliphatic heterocycles. The van der Waals surface area contributed by atoms with Crippen molar-refractivity contribution in [3.8, 4) is 11.5 Å². The second-order valence-corrected chi connectivity index (χ2v) is 10.3. The van der Waals surface area contributed by atoms with E-state index in [0.717, 1.165) is 41.5 Å². The molecule has 6 heteroatoms. The summed E-state index contributed by atoms with van der Waals surface area (Å²) in [5.74, 6) is 0.124. The molecule has 0 bridgehead atoms. The highest BCUT2D eigenvalue weighted by Crippen LogP contribution is 2.33. The lowest BCUT2D eigenvalue weighted by molar-refractivity contribution is -0.132. The number of carboxylic acid groups (broad SMARTS) is 1. The monoisotopic (exact) mass is 472 g/mol. The molecule has 1 amide bonds. The molecule has 0 atom stereocenters. The smallest absolute Gasteiger partial charge is 0.351 e. The van der Waals surface area contributed by atoms with Crippen LogP contribution in [0.25, 0.3) is 10.8 Å². The van der Waals surface area contributed by atoms with Gasteiger partial charge >= 0.3 is 5.97 Å². The number of pyridine rings is 1. The highest BCUT2D eigenvalue weighted by Gasteiger charge is 2.21. The molecule has 0 spiro atoms. The van der Waals surface area contributed by atoms with Gasteiger partial charge in [0.05, 0.1) is 0 Å². The van der Waals surface area contributed by atoms with Crippen molar-refractivity contribution in [1.82, 2.24) is 10.3 Å². The van der Waals surface area contributed by atoms with Crippen molar-refractivity contribution in [2.75, 3.05) is 0 Å². The van der Waals surface area contributed by atoms with E-state index in [1.54, 1.807) is 6.07 Å². The number of aliphatic carboxylic acids is 1. The first-order valence-electron chi connectivity index (χ1n) is 12.1. The molecule has 1 saturated carbocycles. The molecule has 0 radical (unpaired) electrons. The molecule has 1 aliphatic rings. The number of rotatable bonds is 7. The third-order valence-corrected chi connectivity index (χ3v) is 6.55. The summed E-state index contributed by atoms with van der Waals surface area (Å²) in [5.41, 5.74) is 1.94. The molecule has 4 rings (SSSR count). The summed E-state index contributed by atoms with van der Waals surface area (Å²) < 4.78 is 6.15. The molecule has 1 aliphatic carbocycles. The van der Waals surface area contributed by atoms with Crippen molar-refractivity contribution >= 4 is 22.6 Å². The van der Waals surface area contributed by atoms with Crippen LogP contribution in [0.4, 0.5) is 0 Å². The van der Waals surface area contributed by atoms with Crippen LogP contribution in [0.2, 0.25) is 0 Å². The molecular weight excluding hydrogens is 440 g/mol. The number of nitrogens with one attached hydrogen (secondary N) is 1. The maximum atomic E-state index is 12.7. The minimum Gasteiger partial charge on any atom is -0.477 e. The van der Waals surface area contributed by atoms with Gasteiger partial charge in [0.25, 0.3) is 5.91 Å². The van der Waals surface area contributed by atoms with Gasteiger partial charge in [-0.2, -0.15) is 0 Å². The lowest BCUT2D eigenvalue weighted by Crippen LogP contribution is -2.27. The zero-order chi connectivity index (χ0) is 25.2. The van der Waals surface area contributed by atoms with Gasteiger partial charge < -0.3 is 15.2 Å². The Morgan fingerprint density at radius 3 is 2.34 bits per heavy atom. The van der Waals surface area contributed by atoms with Gasteiger partial charge in [0.15, 0.2) is 0 Å². The predicted molar refractivity (Wildman–Crippen MR) is 137 cm³/mol. The van der Waals surface area contributed by atoms with E-state index in [4.69, 9.17) is 9.84 Å². The van der Waals surface area contributed by atoms with Crippen LogP contribution >= 0.6 is 0 Å². The van der Waals surface area contributed by atoms with Gasteiger partial charge in [0.2, 0.25) is 0 Å². The molecule has 1 heterocycles. The third kappa shape index (κ3) is 5.88. The zero-order valence-corrected chi connectivity index (χ0v) is 20.6. The van der Waals surface area contributed by atoms with Crippen LogP contribution in [-0.4, -0.2) is 22.0 Å². The van der Waals surface area contributed by atoms with Gasteiger partial charge in [0.1, 0.15) is 22.9 Å². The van der Waals surface area contributed by atoms with E-state index in [1.807, 2.05) is 30.3 Å². The Bertz CT molecular complexity index is 1270. The van der Waals surface area contributed by atoms with Gasteiger partial charge in [-0.05, 0) is 59.0 Å². The third-order valence-electron chi connectivity index (χ3n) is 6.55. The van der Waals surface area contributed by atoms with Crippen molar-refractivity contribution in [3.63, 3.8) is 0 Å². The molecule has 1 fully saturated rings. The van der Waals surface area contributed by atoms with Gasteiger partial charge in [-0.1, -0.05) is 71.2 Å². The first-order valence-corrected chi connectivity index (χ1v) is 12.1. The number of carbonyl (C=O) groups is 2. The Kier molecular flexibility index (Phi) is 6.92. The van der Waals surface area contributed by atoms with E-state index in [-0.39, 0.29) is 16.8 Å². The van der Waals surface area contributed by atoms with Crippen molar-refractivity contribution in [3.05, 3.63) is 77.8 Å². The van der Waals surface area contributed by atoms with E-state index in [0.29, 0.717) is 11.7 Å². The average molecular weight is 473 g/mol. The Morgan fingerprint density at radius 2 is 1.71 bits per heavy atom. The van der Waals surface area contributed by atoms with Crippen LogP contribution in [0.1, 0.15) is 68.2 Å². The first-order chi connectivity index (χ1) is 16.6. The second-order valence-electron chi connectivity index (χ2n) is 10.3. The number of fused-ring (bicyclic) bond motifs is 1. The van der Waals surface area contributed by atoms with Crippen LogP contribution in [0.15, 0.2) is 60.8 Å². The molecule has 0 unspecified atom stereocenters. The number of carboxylic acids is 1. The Morgan fingerprint density at radius 1 is 1.06 bits per heavy atom. The minimum atomic E-state index is -1.28. The summed E-state index contributed by atoms with van der Waals surface area (Å²) in [6.07, 6.45) is 5.47. The number of benzene rings is 2. The maximum absolute atomic E-state index is 12.7. The fourth-order valence-electron chi connectivity index (χ4n) is 4.53. The Balaban J connectivity index is 1.66. The topological polar surface area (TPSA) is 88.5 Å². The number of hydrogen-bond donors (Lipinski definition) is 2. The van der Waals surface area contributed by atoms with Gasteiger partial charge in [0, 0.05) is 11.1 Å². The van der Waals surface area contributed by atoms with Crippen LogP contribution < -0.4 is 10.1 Å². The second kappa shape index (κ2) is 9.90. The molecule has 2 aromatic carbocycles. The summed E-state index contributed by atoms with van der Waals surface area (Å²) in [7, 11) is 0. The fourth-order valence-corrected chi connectivity index (χ4v) is 4.53. The van der Waals surface area contributed by atoms with Crippen molar-refractivity contribution in [2.24, 2.45) is 5.92 Å². The molecule has 35 heavy (non-hydrogen) atoms. The zero-order valence-electron chi connectivity index (χ0n) is 20.6. The maximum Gasteiger partial charge on any atom is 0.351 e. The van der Waals surface area contributed by atoms with E-state index < -0.39 is 11.9 Å². The van der Waals surface area contributed by atoms with Crippen molar-refractivity contribution in [1.29, 1.82) is 0 Å². The number of hydrogen-bond acceptors (Lipinski definition) is 4. The van der Waals surface area contributed by atoms with Crippen LogP contribution in [-0.2, 0) is 16.6 Å². The summed E-state index contributed by atoms with van der Waals surface area (Å²) >= 11 is 0. The molecule has 182 valence electrons. The molecule has 1 aromatic heterocycles. The van der Waals surface area contributed by atoms with Gasteiger partial charge in [-0.3, -0.25) is 4.79 Å². The van der Waals surface area contributed by atoms with Crippen LogP contribution in [0, 0.1) is 5.92 Å². The molecule has 6 nitrogen and oxygen atoms in total. The molecule has 3 aromatic rings. The van der Waals surface area contributed by atoms with Crippen LogP contribution in [0.3, 0.4) is 0 Å². The lowest BCUT2D eigenvalue weighted by Gasteiger charge is -2.19. The number of amides is 1. The quantitative estimate of drug-likeness (QED) is 0.389. The summed E-state index contributed by atoms with van der Waals surface area (Å²) in [6, 6.07) is 15.6. The highest BCUT2D eigenvalue weighted by molar-refractivity contribution is 6.01. The van der Waals surface area contributed by atoms with Gasteiger partial charge in [-0.15, -0.1) is 0 Å². The number of carbonyl (C=O) groups excluding carboxylic acids is 1. The molecule has 0 saturated heterocycles. The SMILES string of the molecule is C=C(NC(=O)c1cc2ccc(Oc3ccc(C(C)(C)C)cc3)cc2c(CC2CCCC2)n1)C(=O)O. The van der Waals surface area contributed by atoms with E-state index in [2.05, 4.69) is 49.8 Å². The normalized spacial score (nSPS) is 14.1. The summed E-state index contributed by atoms with van der Waals surface area (Å²) in [4.78, 5) is 28.4. The Labute approximate surface area is 206 Å². The van der Waals surface area contributed by atoms with Crippen LogP contribution in [0.5, 0.6) is 11.5 Å². The van der Waals surface area contributed by atoms with Crippen molar-refractivity contribution in [2.45, 2.75) is 58.3 Å². The van der Waals surface area contributed by atoms with E-state index in [9.17, 15) is 9.59 Å². The van der Waals surface area contributed by atoms with Crippen molar-refractivity contribution < 1.29 is 19.4 Å². The number of aromatic nitrogens is 1. The first kappa shape index (κ1) is 24.5. The summed E-state index contributed by atoms with van der Waals surface area (Å²) in [6.45, 7) is 9.92. The highest BCUT2D eigenvalue weighted by atomic mass is 16.5. The number of ether oxygens (including phenoxy) is 1. The molecule has 2 N–H and O–H groups in total. The summed E-state index contributed by atoms with van der Waals surface area (Å²) in [5, 5.41) is 13.2. The fraction of sp³-hybridized carbons (Fsp3) is 0.345. The standard InChI is InChI=1S/C29H32N2O4/c1-18(28(33)34)30-27(32)26-16-20-9-12-23(35-22-13-10-21(11-14-22)29(2,3)4)17-24(20)25(31-26)15-19-7-5-6-8-19/h9-14,16-17,19H,1,5-8,15H2,2-4H3,(H,30,32)(H,33,34). The lowest BCUT2D eigenvalue weighted by atomic mass is 9.87. The predicted octanol–water partition coefficient (Wildman–Crippen LogP) is 6.39. The average Bonchev–Trinajstić information content (AvgIpc) is 3.32. The Hall–Kier alpha value is -3.67. The minimum absolute atomic E-state index is 0.0725. The van der Waals surface area contributed by atoms with E-state index >= 15 is 0 Å². The largest absolute Gasteiger partial charge is 0.477 e. The molecular formula is C29H32N2O4.